The van der Waals surface area contributed by atoms with Crippen LogP contribution in [0.25, 0.3) is 22.3 Å². The molecule has 1 amide bonds. The van der Waals surface area contributed by atoms with Crippen molar-refractivity contribution in [3.05, 3.63) is 61.7 Å². The highest BCUT2D eigenvalue weighted by Gasteiger charge is 2.46. The minimum absolute atomic E-state index is 0.0263. The van der Waals surface area contributed by atoms with Crippen LogP contribution < -0.4 is 15.6 Å². The highest BCUT2D eigenvalue weighted by molar-refractivity contribution is 7.89. The third-order valence-corrected chi connectivity index (χ3v) is 9.92. The lowest BCUT2D eigenvalue weighted by molar-refractivity contribution is -0.172. The highest BCUT2D eigenvalue weighted by atomic mass is 32.2. The summed E-state index contributed by atoms with van der Waals surface area (Å²) in [6.07, 6.45) is 0.665. The number of fused-ring (bicyclic) bond motifs is 5. The molecule has 0 saturated heterocycles. The van der Waals surface area contributed by atoms with Gasteiger partial charge in [-0.25, -0.2) is 27.3 Å². The Morgan fingerprint density at radius 1 is 1.26 bits per heavy atom. The van der Waals surface area contributed by atoms with Crippen molar-refractivity contribution in [3.8, 4) is 11.4 Å². The first kappa shape index (κ1) is 28.4. The minimum atomic E-state index is -3.93. The summed E-state index contributed by atoms with van der Waals surface area (Å²) in [5.41, 5.74) is 1.08. The molecule has 12 nitrogen and oxygen atoms in total. The van der Waals surface area contributed by atoms with E-state index in [4.69, 9.17) is 14.8 Å². The normalized spacial score (nSPS) is 20.6. The number of hydrogen-bond acceptors (Lipinski definition) is 9. The van der Waals surface area contributed by atoms with E-state index < -0.39 is 57.3 Å². The number of aromatic nitrogens is 2. The molecular weight excluding hydrogens is 571 g/mol. The second-order valence-electron chi connectivity index (χ2n) is 10.8. The van der Waals surface area contributed by atoms with Crippen molar-refractivity contribution in [1.29, 1.82) is 0 Å². The van der Waals surface area contributed by atoms with Crippen LogP contribution in [0, 0.1) is 12.7 Å². The van der Waals surface area contributed by atoms with E-state index in [0.29, 0.717) is 57.4 Å². The van der Waals surface area contributed by atoms with Crippen molar-refractivity contribution in [2.75, 3.05) is 18.9 Å². The van der Waals surface area contributed by atoms with Crippen molar-refractivity contribution in [2.24, 2.45) is 0 Å². The van der Waals surface area contributed by atoms with Gasteiger partial charge in [0.2, 0.25) is 15.9 Å². The lowest BCUT2D eigenvalue weighted by Crippen LogP contribution is -2.44. The molecule has 2 atom stereocenters. The number of ether oxygens (including phenoxy) is 1. The number of cyclic esters (lactones) is 1. The topological polar surface area (TPSA) is 177 Å². The van der Waals surface area contributed by atoms with Crippen LogP contribution in [-0.4, -0.2) is 59.0 Å². The molecule has 14 heteroatoms. The number of aliphatic hydroxyl groups is 2. The van der Waals surface area contributed by atoms with Crippen LogP contribution in [-0.2, 0) is 49.5 Å². The van der Waals surface area contributed by atoms with Gasteiger partial charge in [-0.2, -0.15) is 0 Å². The maximum Gasteiger partial charge on any atom is 0.343 e. The summed E-state index contributed by atoms with van der Waals surface area (Å²) in [7, 11) is -3.93. The number of rotatable bonds is 7. The van der Waals surface area contributed by atoms with Gasteiger partial charge in [0.1, 0.15) is 19.0 Å². The number of nitrogens with one attached hydrogen (secondary N) is 2. The Hall–Kier alpha value is -3.72. The van der Waals surface area contributed by atoms with Gasteiger partial charge < -0.3 is 24.8 Å². The molecule has 0 bridgehead atoms. The zero-order valence-corrected chi connectivity index (χ0v) is 23.7. The zero-order valence-electron chi connectivity index (χ0n) is 22.9. The summed E-state index contributed by atoms with van der Waals surface area (Å²) >= 11 is 0. The van der Waals surface area contributed by atoms with Gasteiger partial charge in [-0.05, 0) is 48.9 Å². The molecule has 3 aliphatic rings. The van der Waals surface area contributed by atoms with Crippen molar-refractivity contribution in [2.45, 2.75) is 57.9 Å². The molecule has 6 rings (SSSR count). The number of hydrogen-bond donors (Lipinski definition) is 4. The summed E-state index contributed by atoms with van der Waals surface area (Å²) in [5, 5.41) is 23.0. The number of halogens is 1. The lowest BCUT2D eigenvalue weighted by atomic mass is 9.82. The first-order valence-corrected chi connectivity index (χ1v) is 15.2. The Morgan fingerprint density at radius 2 is 2.02 bits per heavy atom. The van der Waals surface area contributed by atoms with Crippen LogP contribution in [0.2, 0.25) is 0 Å². The van der Waals surface area contributed by atoms with Gasteiger partial charge in [-0.3, -0.25) is 9.59 Å². The van der Waals surface area contributed by atoms with Gasteiger partial charge in [0.05, 0.1) is 34.8 Å². The average Bonchev–Trinajstić information content (AvgIpc) is 3.32. The molecule has 1 aliphatic carbocycles. The molecule has 0 saturated carbocycles. The van der Waals surface area contributed by atoms with E-state index in [-0.39, 0.29) is 37.2 Å². The second-order valence-corrected chi connectivity index (χ2v) is 12.7. The molecule has 0 spiro atoms. The van der Waals surface area contributed by atoms with E-state index in [2.05, 4.69) is 10.0 Å². The number of carbonyl (C=O) groups is 2. The van der Waals surface area contributed by atoms with E-state index in [1.165, 1.54) is 10.6 Å². The summed E-state index contributed by atoms with van der Waals surface area (Å²) in [4.78, 5) is 42.3. The third kappa shape index (κ3) is 4.23. The van der Waals surface area contributed by atoms with Gasteiger partial charge in [0, 0.05) is 35.2 Å². The van der Waals surface area contributed by atoms with Crippen molar-refractivity contribution < 1.29 is 37.3 Å². The molecule has 1 aromatic carbocycles. The number of aryl methyl sites for hydroxylation is 1. The van der Waals surface area contributed by atoms with E-state index in [1.54, 1.807) is 19.9 Å². The molecular formula is C28H29FN4O8S. The van der Waals surface area contributed by atoms with Crippen molar-refractivity contribution in [3.63, 3.8) is 0 Å². The predicted molar refractivity (Wildman–Crippen MR) is 147 cm³/mol. The quantitative estimate of drug-likeness (QED) is 0.221. The Balaban J connectivity index is 1.52. The number of sulfonamides is 1. The van der Waals surface area contributed by atoms with Crippen LogP contribution in [0.1, 0.15) is 59.2 Å². The maximum atomic E-state index is 15.0. The number of amides is 1. The zero-order chi connectivity index (χ0) is 30.1. The minimum Gasteiger partial charge on any atom is -0.458 e. The Bertz CT molecular complexity index is 1870. The van der Waals surface area contributed by atoms with Crippen molar-refractivity contribution in [1.82, 2.24) is 19.6 Å². The number of aliphatic hydroxyl groups excluding tert-OH is 1. The number of pyridine rings is 2. The van der Waals surface area contributed by atoms with Gasteiger partial charge in [-0.15, -0.1) is 0 Å². The van der Waals surface area contributed by atoms with Crippen LogP contribution in [0.3, 0.4) is 0 Å². The Morgan fingerprint density at radius 3 is 2.74 bits per heavy atom. The summed E-state index contributed by atoms with van der Waals surface area (Å²) in [5.74, 6) is -2.44. The Labute approximate surface area is 239 Å². The van der Waals surface area contributed by atoms with Gasteiger partial charge in [-0.1, -0.05) is 6.92 Å². The summed E-state index contributed by atoms with van der Waals surface area (Å²) < 4.78 is 50.5. The fraction of sp³-hybridized carbons (Fsp3) is 0.429. The van der Waals surface area contributed by atoms with Crippen LogP contribution in [0.5, 0.6) is 0 Å². The molecule has 42 heavy (non-hydrogen) atoms. The van der Waals surface area contributed by atoms with E-state index in [1.807, 2.05) is 0 Å². The molecule has 0 fully saturated rings. The number of esters is 1. The fourth-order valence-corrected chi connectivity index (χ4v) is 7.49. The molecule has 0 unspecified atom stereocenters. The average molecular weight is 601 g/mol. The van der Waals surface area contributed by atoms with E-state index >= 15 is 4.39 Å². The number of benzene rings is 1. The van der Waals surface area contributed by atoms with Crippen LogP contribution in [0.4, 0.5) is 4.39 Å². The summed E-state index contributed by atoms with van der Waals surface area (Å²) in [6.45, 7) is 2.05. The maximum absolute atomic E-state index is 15.0. The standard InChI is InChI=1S/C28H29FN4O8S/c1-3-28(38)17-8-21-25-15(10-33(21)26(36)16(17)12-41-27(28)37)24-19(32-42(39,40)7-6-30-22(35)11-34)5-4-14-13(2)18(29)9-20(31-25)23(14)24/h8-9,19,32,34,38H,3-7,10-12H2,1-2H3,(H,30,35)/t19-,28-/m0/s1. The molecule has 3 aromatic rings. The molecule has 2 aliphatic heterocycles. The highest BCUT2D eigenvalue weighted by Crippen LogP contribution is 2.46. The van der Waals surface area contributed by atoms with Crippen molar-refractivity contribution >= 4 is 32.8 Å². The van der Waals surface area contributed by atoms with Gasteiger partial charge in [0.15, 0.2) is 5.60 Å². The monoisotopic (exact) mass is 600 g/mol. The van der Waals surface area contributed by atoms with Crippen LogP contribution in [0.15, 0.2) is 16.9 Å². The molecule has 0 radical (unpaired) electrons. The molecule has 2 aromatic heterocycles. The summed E-state index contributed by atoms with van der Waals surface area (Å²) in [6, 6.07) is 2.10. The number of nitrogens with zero attached hydrogens (tertiary/aromatic N) is 2. The predicted octanol–water partition coefficient (Wildman–Crippen LogP) is 0.542. The SMILES string of the molecule is CC[C@@]1(O)C(=O)OCc2c1cc1n(c2=O)Cc2c-1nc1cc(F)c(C)c3c1c2[C@@H](NS(=O)(=O)CCNC(=O)CO)CC3. The van der Waals surface area contributed by atoms with E-state index in [0.717, 1.165) is 0 Å². The van der Waals surface area contributed by atoms with Gasteiger partial charge in [0.25, 0.3) is 5.56 Å². The smallest absolute Gasteiger partial charge is 0.343 e. The molecule has 4 heterocycles. The second kappa shape index (κ2) is 9.93. The van der Waals surface area contributed by atoms with Crippen LogP contribution >= 0.6 is 0 Å². The Kier molecular flexibility index (Phi) is 6.72. The third-order valence-electron chi connectivity index (χ3n) is 8.54. The largest absolute Gasteiger partial charge is 0.458 e. The first-order chi connectivity index (χ1) is 19.9. The fourth-order valence-electron chi connectivity index (χ4n) is 6.33. The molecule has 4 N–H and O–H groups in total. The van der Waals surface area contributed by atoms with Gasteiger partial charge >= 0.3 is 5.97 Å². The first-order valence-electron chi connectivity index (χ1n) is 13.6. The molecule has 222 valence electrons. The number of carbonyl (C=O) groups excluding carboxylic acids is 2. The van der Waals surface area contributed by atoms with E-state index in [9.17, 15) is 27.9 Å². The lowest BCUT2D eigenvalue weighted by Gasteiger charge is -2.31.